The maximum absolute atomic E-state index is 12.6. The summed E-state index contributed by atoms with van der Waals surface area (Å²) in [7, 11) is 2.25. The molecule has 1 aromatic carbocycles. The maximum Gasteiger partial charge on any atom is 0.271 e. The van der Waals surface area contributed by atoms with Crippen molar-refractivity contribution in [2.24, 2.45) is 11.1 Å². The van der Waals surface area contributed by atoms with Crippen molar-refractivity contribution in [2.45, 2.75) is 64.0 Å². The molecule has 4 saturated heterocycles. The van der Waals surface area contributed by atoms with Crippen molar-refractivity contribution < 1.29 is 9.53 Å². The molecule has 0 saturated carbocycles. The highest BCUT2D eigenvalue weighted by Gasteiger charge is 2.44. The van der Waals surface area contributed by atoms with Crippen molar-refractivity contribution in [1.29, 1.82) is 0 Å². The highest BCUT2D eigenvalue weighted by atomic mass is 16.5. The maximum atomic E-state index is 12.6. The van der Waals surface area contributed by atoms with E-state index in [4.69, 9.17) is 15.5 Å². The predicted octanol–water partition coefficient (Wildman–Crippen LogP) is 3.86. The first kappa shape index (κ1) is 30.9. The normalized spacial score (nSPS) is 21.3. The number of hydrogen-bond donors (Lipinski definition) is 4. The van der Waals surface area contributed by atoms with Crippen LogP contribution in [0.3, 0.4) is 0 Å². The standard InChI is InChI=1S/C34H48N10O2/c1-3-23-20-25(4-5-28(23)44-14-7-26(8-15-44)43-16-11-34(12-17-43)21-42(2)22-34)38-33-30(31(35)45)39-29(27-6-13-36-41-27)32(40-33)37-24-9-18-46-19-10-24/h4-6,13,20,24,26H,3,7-12,14-19,21-22H2,1-2H3,(H2,35,45)(H,36,41)(H2,37,38,40). The first-order valence-corrected chi connectivity index (χ1v) is 17.0. The monoisotopic (exact) mass is 628 g/mol. The van der Waals surface area contributed by atoms with Crippen LogP contribution in [0.25, 0.3) is 11.4 Å². The summed E-state index contributed by atoms with van der Waals surface area (Å²) in [6.45, 7) is 10.8. The zero-order chi connectivity index (χ0) is 31.7. The fourth-order valence-corrected chi connectivity index (χ4v) is 8.04. The Morgan fingerprint density at radius 1 is 1.04 bits per heavy atom. The topological polar surface area (TPSA) is 141 Å². The summed E-state index contributed by atoms with van der Waals surface area (Å²) in [5.41, 5.74) is 11.0. The number of aromatic amines is 1. The molecule has 6 heterocycles. The second kappa shape index (κ2) is 13.2. The van der Waals surface area contributed by atoms with E-state index in [0.717, 1.165) is 38.0 Å². The van der Waals surface area contributed by atoms with Gasteiger partial charge in [0.15, 0.2) is 17.3 Å². The van der Waals surface area contributed by atoms with Crippen LogP contribution in [0.4, 0.5) is 23.0 Å². The lowest BCUT2D eigenvalue weighted by atomic mass is 9.72. The van der Waals surface area contributed by atoms with E-state index in [-0.39, 0.29) is 11.7 Å². The van der Waals surface area contributed by atoms with Crippen LogP contribution >= 0.6 is 0 Å². The molecule has 0 radical (unpaired) electrons. The van der Waals surface area contributed by atoms with Crippen LogP contribution in [0, 0.1) is 5.41 Å². The Kier molecular flexibility index (Phi) is 8.84. The molecule has 4 aliphatic heterocycles. The number of amides is 1. The number of aromatic nitrogens is 4. The van der Waals surface area contributed by atoms with E-state index in [1.54, 1.807) is 6.20 Å². The molecule has 2 aromatic heterocycles. The summed E-state index contributed by atoms with van der Waals surface area (Å²) in [5.74, 6) is 0.239. The van der Waals surface area contributed by atoms with Gasteiger partial charge in [-0.25, -0.2) is 9.97 Å². The molecule has 3 aromatic rings. The minimum Gasteiger partial charge on any atom is -0.381 e. The number of nitrogens with zero attached hydrogens (tertiary/aromatic N) is 6. The third kappa shape index (κ3) is 6.43. The van der Waals surface area contributed by atoms with Gasteiger partial charge < -0.3 is 35.8 Å². The van der Waals surface area contributed by atoms with E-state index >= 15 is 0 Å². The highest BCUT2D eigenvalue weighted by molar-refractivity contribution is 5.97. The third-order valence-electron chi connectivity index (χ3n) is 10.5. The summed E-state index contributed by atoms with van der Waals surface area (Å²) >= 11 is 0. The van der Waals surface area contributed by atoms with Crippen molar-refractivity contribution in [2.75, 3.05) is 75.1 Å². The number of carbonyl (C=O) groups excluding carboxylic acids is 1. The van der Waals surface area contributed by atoms with Crippen LogP contribution in [-0.2, 0) is 11.2 Å². The van der Waals surface area contributed by atoms with Gasteiger partial charge in [-0.1, -0.05) is 6.92 Å². The van der Waals surface area contributed by atoms with E-state index in [1.165, 1.54) is 63.1 Å². The van der Waals surface area contributed by atoms with Crippen molar-refractivity contribution in [1.82, 2.24) is 30.0 Å². The Balaban J connectivity index is 1.06. The van der Waals surface area contributed by atoms with Gasteiger partial charge in [0.25, 0.3) is 5.91 Å². The molecule has 246 valence electrons. The second-order valence-electron chi connectivity index (χ2n) is 13.7. The minimum absolute atomic E-state index is 0.0766. The van der Waals surface area contributed by atoms with Gasteiger partial charge in [-0.05, 0) is 100 Å². The number of hydrogen-bond acceptors (Lipinski definition) is 10. The number of H-pyrrole nitrogens is 1. The van der Waals surface area contributed by atoms with Crippen LogP contribution in [0.1, 0.15) is 61.5 Å². The number of benzene rings is 1. The first-order valence-electron chi connectivity index (χ1n) is 17.0. The summed E-state index contributed by atoms with van der Waals surface area (Å²) in [6, 6.07) is 9.12. The van der Waals surface area contributed by atoms with E-state index in [0.29, 0.717) is 47.7 Å². The fraction of sp³-hybridized carbons (Fsp3) is 0.588. The Bertz CT molecular complexity index is 1500. The fourth-order valence-electron chi connectivity index (χ4n) is 8.04. The number of carbonyl (C=O) groups is 1. The molecular weight excluding hydrogens is 580 g/mol. The second-order valence-corrected chi connectivity index (χ2v) is 13.7. The smallest absolute Gasteiger partial charge is 0.271 e. The van der Waals surface area contributed by atoms with Crippen molar-refractivity contribution in [3.05, 3.63) is 41.7 Å². The first-order chi connectivity index (χ1) is 22.4. The molecule has 1 amide bonds. The van der Waals surface area contributed by atoms with Gasteiger partial charge in [-0.3, -0.25) is 9.89 Å². The Morgan fingerprint density at radius 3 is 2.46 bits per heavy atom. The Morgan fingerprint density at radius 2 is 1.80 bits per heavy atom. The van der Waals surface area contributed by atoms with Crippen LogP contribution < -0.4 is 21.3 Å². The highest BCUT2D eigenvalue weighted by Crippen LogP contribution is 2.41. The average Bonchev–Trinajstić information content (AvgIpc) is 3.60. The molecule has 0 atom stereocenters. The zero-order valence-corrected chi connectivity index (χ0v) is 27.2. The van der Waals surface area contributed by atoms with Gasteiger partial charge in [0.2, 0.25) is 0 Å². The molecule has 4 aliphatic rings. The lowest BCUT2D eigenvalue weighted by Crippen LogP contribution is -2.60. The number of ether oxygens (including phenoxy) is 1. The van der Waals surface area contributed by atoms with Crippen molar-refractivity contribution in [3.63, 3.8) is 0 Å². The van der Waals surface area contributed by atoms with Crippen LogP contribution in [0.2, 0.25) is 0 Å². The number of nitrogens with two attached hydrogens (primary N) is 1. The quantitative estimate of drug-likeness (QED) is 0.276. The van der Waals surface area contributed by atoms with Crippen molar-refractivity contribution in [3.8, 4) is 11.4 Å². The van der Waals surface area contributed by atoms with Gasteiger partial charge >= 0.3 is 0 Å². The molecule has 12 heteroatoms. The third-order valence-corrected chi connectivity index (χ3v) is 10.5. The average molecular weight is 629 g/mol. The molecule has 12 nitrogen and oxygen atoms in total. The zero-order valence-electron chi connectivity index (χ0n) is 27.2. The summed E-state index contributed by atoms with van der Waals surface area (Å²) < 4.78 is 5.54. The molecule has 0 bridgehead atoms. The predicted molar refractivity (Wildman–Crippen MR) is 181 cm³/mol. The minimum atomic E-state index is -0.650. The molecule has 5 N–H and O–H groups in total. The molecule has 4 fully saturated rings. The number of anilines is 4. The molecule has 0 aliphatic carbocycles. The number of likely N-dealkylation sites (tertiary alicyclic amines) is 2. The van der Waals surface area contributed by atoms with Crippen LogP contribution in [0.5, 0.6) is 0 Å². The number of piperidine rings is 2. The van der Waals surface area contributed by atoms with E-state index in [1.807, 2.05) is 6.07 Å². The molecule has 1 spiro atoms. The van der Waals surface area contributed by atoms with E-state index < -0.39 is 5.91 Å². The lowest BCUT2D eigenvalue weighted by molar-refractivity contribution is -0.0419. The SMILES string of the molecule is CCc1cc(Nc2nc(NC3CCOCC3)c(-c3cc[nH]n3)nc2C(N)=O)ccc1N1CCC(N2CCC3(CC2)CN(C)C3)CC1. The van der Waals surface area contributed by atoms with Crippen LogP contribution in [-0.4, -0.2) is 107 Å². The summed E-state index contributed by atoms with van der Waals surface area (Å²) in [4.78, 5) is 30.0. The van der Waals surface area contributed by atoms with Gasteiger partial charge in [0, 0.05) is 69.0 Å². The Hall–Kier alpha value is -3.74. The largest absolute Gasteiger partial charge is 0.381 e. The van der Waals surface area contributed by atoms with Gasteiger partial charge in [-0.15, -0.1) is 0 Å². The van der Waals surface area contributed by atoms with E-state index in [9.17, 15) is 4.79 Å². The molecule has 7 rings (SSSR count). The summed E-state index contributed by atoms with van der Waals surface area (Å²) in [6.07, 6.45) is 9.46. The number of primary amides is 1. The van der Waals surface area contributed by atoms with Crippen LogP contribution in [0.15, 0.2) is 30.5 Å². The van der Waals surface area contributed by atoms with Gasteiger partial charge in [0.1, 0.15) is 11.4 Å². The summed E-state index contributed by atoms with van der Waals surface area (Å²) in [5, 5.41) is 14.0. The van der Waals surface area contributed by atoms with Gasteiger partial charge in [-0.2, -0.15) is 5.10 Å². The molecule has 0 unspecified atom stereocenters. The number of rotatable bonds is 9. The Labute approximate surface area is 271 Å². The lowest BCUT2D eigenvalue weighted by Gasteiger charge is -2.54. The number of nitrogens with one attached hydrogen (secondary N) is 3. The van der Waals surface area contributed by atoms with Crippen molar-refractivity contribution >= 4 is 28.9 Å². The van der Waals surface area contributed by atoms with Gasteiger partial charge in [0.05, 0.1) is 0 Å². The molecule has 46 heavy (non-hydrogen) atoms. The molecular formula is C34H48N10O2. The number of aryl methyl sites for hydroxylation is 1. The van der Waals surface area contributed by atoms with E-state index in [2.05, 4.69) is 72.7 Å².